The maximum absolute atomic E-state index is 12.5. The molecule has 0 aliphatic carbocycles. The van der Waals surface area contributed by atoms with Crippen LogP contribution < -0.4 is 5.32 Å². The van der Waals surface area contributed by atoms with Crippen molar-refractivity contribution in [2.75, 3.05) is 5.32 Å². The molecule has 2 bridgehead atoms. The first-order valence-corrected chi connectivity index (χ1v) is 7.85. The molecule has 112 valence electrons. The average molecular weight is 353 g/mol. The minimum Gasteiger partial charge on any atom is -0.481 e. The summed E-state index contributed by atoms with van der Waals surface area (Å²) in [6.45, 7) is 1.96. The van der Waals surface area contributed by atoms with Gasteiger partial charge in [-0.2, -0.15) is 0 Å². The Morgan fingerprint density at radius 1 is 1.38 bits per heavy atom. The number of nitrogens with one attached hydrogen (secondary N) is 1. The fraction of sp³-hybridized carbons (Fsp3) is 0.467. The summed E-state index contributed by atoms with van der Waals surface area (Å²) in [4.78, 5) is 25.5. The Morgan fingerprint density at radius 3 is 2.81 bits per heavy atom. The van der Waals surface area contributed by atoms with Crippen molar-refractivity contribution in [1.82, 2.24) is 4.90 Å². The molecule has 0 spiro atoms. The van der Waals surface area contributed by atoms with Crippen molar-refractivity contribution < 1.29 is 14.7 Å². The van der Waals surface area contributed by atoms with Crippen molar-refractivity contribution in [3.63, 3.8) is 0 Å². The molecule has 0 aromatic heterocycles. The van der Waals surface area contributed by atoms with Gasteiger partial charge < -0.3 is 15.3 Å². The van der Waals surface area contributed by atoms with Crippen molar-refractivity contribution in [2.24, 2.45) is 5.92 Å². The molecule has 3 unspecified atom stereocenters. The first-order chi connectivity index (χ1) is 9.97. The zero-order valence-corrected chi connectivity index (χ0v) is 13.3. The minimum atomic E-state index is -0.795. The third kappa shape index (κ3) is 2.52. The number of halogens is 1. The first-order valence-electron chi connectivity index (χ1n) is 7.05. The monoisotopic (exact) mass is 352 g/mol. The molecule has 2 fully saturated rings. The van der Waals surface area contributed by atoms with Crippen LogP contribution >= 0.6 is 15.9 Å². The Labute approximate surface area is 131 Å². The lowest BCUT2D eigenvalue weighted by Gasteiger charge is -2.23. The lowest BCUT2D eigenvalue weighted by atomic mass is 9.89. The number of nitrogens with zero attached hydrogens (tertiary/aromatic N) is 1. The van der Waals surface area contributed by atoms with E-state index in [1.54, 1.807) is 4.90 Å². The van der Waals surface area contributed by atoms with Crippen LogP contribution in [0.5, 0.6) is 0 Å². The van der Waals surface area contributed by atoms with Gasteiger partial charge in [0.05, 0.1) is 11.6 Å². The molecule has 3 atom stereocenters. The summed E-state index contributed by atoms with van der Waals surface area (Å²) < 4.78 is 0.822. The lowest BCUT2D eigenvalue weighted by molar-refractivity contribution is -0.142. The maximum atomic E-state index is 12.5. The number of benzene rings is 1. The summed E-state index contributed by atoms with van der Waals surface area (Å²) in [5.41, 5.74) is 1.78. The number of carbonyl (C=O) groups excluding carboxylic acids is 1. The zero-order valence-electron chi connectivity index (χ0n) is 11.7. The number of aliphatic carboxylic acids is 1. The van der Waals surface area contributed by atoms with Crippen LogP contribution in [0.1, 0.15) is 24.8 Å². The normalized spacial score (nSPS) is 27.0. The Morgan fingerprint density at radius 2 is 2.14 bits per heavy atom. The third-order valence-electron chi connectivity index (χ3n) is 4.45. The zero-order chi connectivity index (χ0) is 15.1. The number of hydrogen-bond acceptors (Lipinski definition) is 2. The molecule has 6 heteroatoms. The van der Waals surface area contributed by atoms with Gasteiger partial charge in [-0.25, -0.2) is 4.79 Å². The molecule has 2 aliphatic heterocycles. The van der Waals surface area contributed by atoms with Crippen LogP contribution in [0.25, 0.3) is 0 Å². The SMILES string of the molecule is Cc1ccc(Br)c(NC(=O)N2C3CCC2C(C(=O)O)C3)c1. The minimum absolute atomic E-state index is 0.0553. The number of hydrogen-bond donors (Lipinski definition) is 2. The average Bonchev–Trinajstić information content (AvgIpc) is 3.00. The molecular formula is C15H17BrN2O3. The standard InChI is InChI=1S/C15H17BrN2O3/c1-8-2-4-11(16)12(6-8)17-15(21)18-9-3-5-13(18)10(7-9)14(19)20/h2,4,6,9-10,13H,3,5,7H2,1H3,(H,17,21)(H,19,20). The third-order valence-corrected chi connectivity index (χ3v) is 5.14. The van der Waals surface area contributed by atoms with Crippen LogP contribution in [-0.2, 0) is 4.79 Å². The molecule has 2 heterocycles. The first kappa shape index (κ1) is 14.4. The summed E-state index contributed by atoms with van der Waals surface area (Å²) in [5.74, 6) is -1.22. The van der Waals surface area contributed by atoms with E-state index >= 15 is 0 Å². The number of urea groups is 1. The Balaban J connectivity index is 1.77. The van der Waals surface area contributed by atoms with Crippen LogP contribution in [-0.4, -0.2) is 34.1 Å². The molecule has 0 radical (unpaired) electrons. The Hall–Kier alpha value is -1.56. The van der Waals surface area contributed by atoms with Crippen molar-refractivity contribution >= 4 is 33.6 Å². The number of amides is 2. The molecule has 5 nitrogen and oxygen atoms in total. The van der Waals surface area contributed by atoms with Gasteiger partial charge in [-0.05, 0) is 59.8 Å². The van der Waals surface area contributed by atoms with Gasteiger partial charge in [0.2, 0.25) is 0 Å². The van der Waals surface area contributed by atoms with Crippen LogP contribution in [0, 0.1) is 12.8 Å². The summed E-state index contributed by atoms with van der Waals surface area (Å²) >= 11 is 3.42. The highest BCUT2D eigenvalue weighted by atomic mass is 79.9. The van der Waals surface area contributed by atoms with E-state index in [4.69, 9.17) is 0 Å². The molecule has 2 saturated heterocycles. The molecule has 3 rings (SSSR count). The molecule has 2 aliphatic rings. The number of fused-ring (bicyclic) bond motifs is 2. The molecule has 2 amide bonds. The second-order valence-electron chi connectivity index (χ2n) is 5.80. The molecule has 1 aromatic carbocycles. The van der Waals surface area contributed by atoms with Crippen molar-refractivity contribution in [1.29, 1.82) is 0 Å². The summed E-state index contributed by atoms with van der Waals surface area (Å²) in [5, 5.41) is 12.1. The second kappa shape index (κ2) is 5.33. The van der Waals surface area contributed by atoms with E-state index in [1.165, 1.54) is 0 Å². The van der Waals surface area contributed by atoms with Gasteiger partial charge >= 0.3 is 12.0 Å². The van der Waals surface area contributed by atoms with E-state index in [1.807, 2.05) is 25.1 Å². The van der Waals surface area contributed by atoms with Crippen LogP contribution in [0.15, 0.2) is 22.7 Å². The fourth-order valence-electron chi connectivity index (χ4n) is 3.49. The van der Waals surface area contributed by atoms with Gasteiger partial charge in [0, 0.05) is 16.6 Å². The second-order valence-corrected chi connectivity index (χ2v) is 6.65. The highest BCUT2D eigenvalue weighted by Gasteiger charge is 2.51. The van der Waals surface area contributed by atoms with E-state index in [0.717, 1.165) is 28.6 Å². The topological polar surface area (TPSA) is 69.6 Å². The van der Waals surface area contributed by atoms with Crippen LogP contribution in [0.2, 0.25) is 0 Å². The quantitative estimate of drug-likeness (QED) is 0.858. The van der Waals surface area contributed by atoms with Gasteiger partial charge in [0.25, 0.3) is 0 Å². The largest absolute Gasteiger partial charge is 0.481 e. The van der Waals surface area contributed by atoms with E-state index < -0.39 is 11.9 Å². The molecule has 0 saturated carbocycles. The van der Waals surface area contributed by atoms with Gasteiger partial charge in [-0.15, -0.1) is 0 Å². The van der Waals surface area contributed by atoms with Gasteiger partial charge in [-0.1, -0.05) is 6.07 Å². The number of rotatable bonds is 2. The Bertz CT molecular complexity index is 605. The summed E-state index contributed by atoms with van der Waals surface area (Å²) in [6.07, 6.45) is 2.25. The van der Waals surface area contributed by atoms with Crippen LogP contribution in [0.4, 0.5) is 10.5 Å². The van der Waals surface area contributed by atoms with Crippen molar-refractivity contribution in [3.05, 3.63) is 28.2 Å². The van der Waals surface area contributed by atoms with E-state index in [9.17, 15) is 14.7 Å². The van der Waals surface area contributed by atoms with E-state index in [0.29, 0.717) is 6.42 Å². The maximum Gasteiger partial charge on any atom is 0.322 e. The number of carboxylic acids is 1. The number of anilines is 1. The highest BCUT2D eigenvalue weighted by Crippen LogP contribution is 2.42. The van der Waals surface area contributed by atoms with Crippen LogP contribution in [0.3, 0.4) is 0 Å². The highest BCUT2D eigenvalue weighted by molar-refractivity contribution is 9.10. The number of carboxylic acid groups (broad SMARTS) is 1. The van der Waals surface area contributed by atoms with Gasteiger partial charge in [0.1, 0.15) is 0 Å². The van der Waals surface area contributed by atoms with E-state index in [-0.39, 0.29) is 18.1 Å². The van der Waals surface area contributed by atoms with Crippen molar-refractivity contribution in [3.8, 4) is 0 Å². The number of carbonyl (C=O) groups is 2. The molecule has 2 N–H and O–H groups in total. The fourth-order valence-corrected chi connectivity index (χ4v) is 3.83. The Kier molecular flexibility index (Phi) is 3.65. The molecule has 21 heavy (non-hydrogen) atoms. The van der Waals surface area contributed by atoms with E-state index in [2.05, 4.69) is 21.2 Å². The summed E-state index contributed by atoms with van der Waals surface area (Å²) in [7, 11) is 0. The predicted octanol–water partition coefficient (Wildman–Crippen LogP) is 3.23. The molecule has 1 aromatic rings. The summed E-state index contributed by atoms with van der Waals surface area (Å²) in [6, 6.07) is 5.44. The van der Waals surface area contributed by atoms with Gasteiger partial charge in [-0.3, -0.25) is 4.79 Å². The smallest absolute Gasteiger partial charge is 0.322 e. The van der Waals surface area contributed by atoms with Gasteiger partial charge in [0.15, 0.2) is 0 Å². The molecular weight excluding hydrogens is 336 g/mol. The van der Waals surface area contributed by atoms with Crippen molar-refractivity contribution in [2.45, 2.75) is 38.3 Å². The predicted molar refractivity (Wildman–Crippen MR) is 82.3 cm³/mol. The lowest BCUT2D eigenvalue weighted by Crippen LogP contribution is -2.40. The number of aryl methyl sites for hydroxylation is 1.